The van der Waals surface area contributed by atoms with E-state index in [2.05, 4.69) is 26.6 Å². The van der Waals surface area contributed by atoms with E-state index in [1.807, 2.05) is 20.8 Å². The van der Waals surface area contributed by atoms with Crippen LogP contribution in [-0.2, 0) is 19.1 Å². The molecule has 8 nitrogen and oxygen atoms in total. The molecule has 176 valence electrons. The number of unbranched alkanes of at least 4 members (excludes halogenated alkanes) is 3. The number of alkyl halides is 1. The Hall–Kier alpha value is -1.19. The number of rotatable bonds is 11. The molecule has 1 spiro atoms. The number of fused-ring (bicyclic) bond motifs is 1. The van der Waals surface area contributed by atoms with Crippen molar-refractivity contribution < 1.29 is 24.2 Å². The van der Waals surface area contributed by atoms with E-state index in [0.29, 0.717) is 19.5 Å². The number of carbonyl (C=O) groups excluding carboxylic acids is 3. The molecule has 31 heavy (non-hydrogen) atoms. The molecule has 0 aliphatic carbocycles. The van der Waals surface area contributed by atoms with Gasteiger partial charge in [0.15, 0.2) is 0 Å². The molecule has 0 saturated carbocycles. The summed E-state index contributed by atoms with van der Waals surface area (Å²) in [7, 11) is 0. The molecule has 6 atom stereocenters. The Morgan fingerprint density at radius 1 is 1.26 bits per heavy atom. The molecule has 3 amide bonds. The molecule has 3 unspecified atom stereocenters. The van der Waals surface area contributed by atoms with Crippen LogP contribution in [0, 0.1) is 11.8 Å². The van der Waals surface area contributed by atoms with Crippen LogP contribution in [0.1, 0.15) is 59.3 Å². The summed E-state index contributed by atoms with van der Waals surface area (Å²) in [5.41, 5.74) is -0.978. The quantitative estimate of drug-likeness (QED) is 0.292. The van der Waals surface area contributed by atoms with Crippen molar-refractivity contribution in [2.24, 2.45) is 11.8 Å². The molecule has 3 aliphatic heterocycles. The molecular formula is C22H36BrN3O5. The monoisotopic (exact) mass is 501 g/mol. The highest BCUT2D eigenvalue weighted by Crippen LogP contribution is 2.60. The van der Waals surface area contributed by atoms with Crippen molar-refractivity contribution in [3.63, 3.8) is 0 Å². The number of hydrogen-bond donors (Lipinski definition) is 3. The van der Waals surface area contributed by atoms with Gasteiger partial charge in [-0.05, 0) is 39.5 Å². The summed E-state index contributed by atoms with van der Waals surface area (Å²) in [4.78, 5) is 41.5. The minimum Gasteiger partial charge on any atom is -0.396 e. The maximum atomic E-state index is 13.6. The lowest BCUT2D eigenvalue weighted by molar-refractivity contribution is -0.142. The fourth-order valence-corrected chi connectivity index (χ4v) is 6.39. The van der Waals surface area contributed by atoms with Gasteiger partial charge in [0.25, 0.3) is 0 Å². The smallest absolute Gasteiger partial charge is 0.246 e. The maximum Gasteiger partial charge on any atom is 0.246 e. The van der Waals surface area contributed by atoms with E-state index >= 15 is 0 Å². The lowest BCUT2D eigenvalue weighted by Crippen LogP contribution is -2.57. The molecule has 3 fully saturated rings. The third-order valence-electron chi connectivity index (χ3n) is 6.63. The van der Waals surface area contributed by atoms with Crippen LogP contribution in [0.3, 0.4) is 0 Å². The summed E-state index contributed by atoms with van der Waals surface area (Å²) < 4.78 is 6.41. The highest BCUT2D eigenvalue weighted by Gasteiger charge is 2.76. The summed E-state index contributed by atoms with van der Waals surface area (Å²) in [6.07, 6.45) is 4.15. The Labute approximate surface area is 193 Å². The van der Waals surface area contributed by atoms with Gasteiger partial charge in [-0.1, -0.05) is 35.7 Å². The maximum absolute atomic E-state index is 13.6. The highest BCUT2D eigenvalue weighted by atomic mass is 79.9. The van der Waals surface area contributed by atoms with Crippen molar-refractivity contribution in [2.45, 2.75) is 87.9 Å². The summed E-state index contributed by atoms with van der Waals surface area (Å²) >= 11 is 3.66. The molecule has 2 bridgehead atoms. The number of nitrogens with zero attached hydrogens (tertiary/aromatic N) is 1. The second-order valence-corrected chi connectivity index (χ2v) is 10.5. The number of aliphatic hydroxyl groups is 1. The van der Waals surface area contributed by atoms with Crippen molar-refractivity contribution >= 4 is 33.7 Å². The van der Waals surface area contributed by atoms with Gasteiger partial charge in [0, 0.05) is 30.6 Å². The van der Waals surface area contributed by atoms with Crippen LogP contribution < -0.4 is 10.6 Å². The number of nitrogens with one attached hydrogen (secondary N) is 2. The molecule has 3 heterocycles. The van der Waals surface area contributed by atoms with E-state index in [1.54, 1.807) is 4.90 Å². The van der Waals surface area contributed by atoms with Gasteiger partial charge < -0.3 is 25.4 Å². The first kappa shape index (κ1) is 24.5. The Bertz CT molecular complexity index is 690. The zero-order valence-electron chi connectivity index (χ0n) is 18.7. The normalized spacial score (nSPS) is 33.8. The van der Waals surface area contributed by atoms with E-state index in [4.69, 9.17) is 9.84 Å². The van der Waals surface area contributed by atoms with Gasteiger partial charge in [-0.2, -0.15) is 0 Å². The standard InChI is InChI=1S/C22H36BrN3O5/c1-4-9-24-19(28)15-16-21(30)26(10-7-5-6-8-11-27)18(20(29)25-13(2)3)22(16)12-14(23)17(15)31-22/h13-18,27H,4-12H2,1-3H3,(H,24,28)(H,25,29)/t14?,15-,16+,17-,18?,22?/m1/s1. The molecule has 3 N–H and O–H groups in total. The van der Waals surface area contributed by atoms with Gasteiger partial charge in [-0.25, -0.2) is 0 Å². The fraction of sp³-hybridized carbons (Fsp3) is 0.864. The molecule has 9 heteroatoms. The van der Waals surface area contributed by atoms with Gasteiger partial charge in [0.1, 0.15) is 11.6 Å². The lowest BCUT2D eigenvalue weighted by Gasteiger charge is -2.34. The lowest BCUT2D eigenvalue weighted by atomic mass is 9.70. The van der Waals surface area contributed by atoms with E-state index in [1.165, 1.54) is 0 Å². The summed E-state index contributed by atoms with van der Waals surface area (Å²) in [5, 5.41) is 14.9. The van der Waals surface area contributed by atoms with Gasteiger partial charge in [-0.3, -0.25) is 14.4 Å². The number of ether oxygens (including phenoxy) is 1. The predicted molar refractivity (Wildman–Crippen MR) is 120 cm³/mol. The highest BCUT2D eigenvalue weighted by molar-refractivity contribution is 9.09. The Morgan fingerprint density at radius 2 is 1.97 bits per heavy atom. The van der Waals surface area contributed by atoms with Crippen LogP contribution in [0.25, 0.3) is 0 Å². The number of aliphatic hydroxyl groups excluding tert-OH is 1. The van der Waals surface area contributed by atoms with Crippen molar-refractivity contribution in [3.05, 3.63) is 0 Å². The second-order valence-electron chi connectivity index (χ2n) is 9.29. The first-order valence-corrected chi connectivity index (χ1v) is 12.5. The topological polar surface area (TPSA) is 108 Å². The third kappa shape index (κ3) is 4.50. The SMILES string of the molecule is CCCNC(=O)[C@H]1[C@@H]2OC3(CC2Br)C(C(=O)NC(C)C)N(CCCCCCO)C(=O)[C@H]13. The van der Waals surface area contributed by atoms with Crippen LogP contribution in [0.4, 0.5) is 0 Å². The van der Waals surface area contributed by atoms with Crippen molar-refractivity contribution in [3.8, 4) is 0 Å². The number of hydrogen-bond acceptors (Lipinski definition) is 5. The zero-order chi connectivity index (χ0) is 22.8. The second kappa shape index (κ2) is 10.2. The number of likely N-dealkylation sites (tertiary alicyclic amines) is 1. The molecule has 0 aromatic heterocycles. The number of carbonyl (C=O) groups is 3. The van der Waals surface area contributed by atoms with Crippen LogP contribution in [0.15, 0.2) is 0 Å². The van der Waals surface area contributed by atoms with Crippen LogP contribution in [-0.4, -0.2) is 76.0 Å². The Morgan fingerprint density at radius 3 is 2.61 bits per heavy atom. The van der Waals surface area contributed by atoms with E-state index in [9.17, 15) is 14.4 Å². The van der Waals surface area contributed by atoms with Crippen molar-refractivity contribution in [2.75, 3.05) is 19.7 Å². The van der Waals surface area contributed by atoms with Crippen LogP contribution in [0.2, 0.25) is 0 Å². The molecule has 3 aliphatic rings. The minimum absolute atomic E-state index is 0.0634. The molecule has 0 aromatic rings. The Balaban J connectivity index is 1.88. The summed E-state index contributed by atoms with van der Waals surface area (Å²) in [6, 6.07) is -0.800. The van der Waals surface area contributed by atoms with E-state index in [-0.39, 0.29) is 35.2 Å². The van der Waals surface area contributed by atoms with Gasteiger partial charge in [0.2, 0.25) is 17.7 Å². The van der Waals surface area contributed by atoms with Gasteiger partial charge in [0.05, 0.1) is 17.9 Å². The average Bonchev–Trinajstić information content (AvgIpc) is 3.29. The fourth-order valence-electron chi connectivity index (χ4n) is 5.45. The molecule has 3 saturated heterocycles. The third-order valence-corrected chi connectivity index (χ3v) is 7.47. The zero-order valence-corrected chi connectivity index (χ0v) is 20.3. The van der Waals surface area contributed by atoms with Gasteiger partial charge >= 0.3 is 0 Å². The van der Waals surface area contributed by atoms with E-state index in [0.717, 1.165) is 32.1 Å². The number of amides is 3. The summed E-state index contributed by atoms with van der Waals surface area (Å²) in [6.45, 7) is 6.92. The van der Waals surface area contributed by atoms with Gasteiger partial charge in [-0.15, -0.1) is 0 Å². The largest absolute Gasteiger partial charge is 0.396 e. The molecule has 3 rings (SSSR count). The molecule has 0 radical (unpaired) electrons. The predicted octanol–water partition coefficient (Wildman–Crippen LogP) is 1.34. The first-order valence-electron chi connectivity index (χ1n) is 11.6. The van der Waals surface area contributed by atoms with Crippen molar-refractivity contribution in [1.29, 1.82) is 0 Å². The van der Waals surface area contributed by atoms with Crippen molar-refractivity contribution in [1.82, 2.24) is 15.5 Å². The Kier molecular flexibility index (Phi) is 8.02. The minimum atomic E-state index is -0.978. The van der Waals surface area contributed by atoms with E-state index < -0.39 is 29.6 Å². The summed E-state index contributed by atoms with van der Waals surface area (Å²) in [5.74, 6) is -1.75. The van der Waals surface area contributed by atoms with Crippen LogP contribution >= 0.6 is 15.9 Å². The first-order chi connectivity index (χ1) is 14.8. The molecule has 0 aromatic carbocycles. The number of halogens is 1. The van der Waals surface area contributed by atoms with Crippen LogP contribution in [0.5, 0.6) is 0 Å². The average molecular weight is 502 g/mol. The molecular weight excluding hydrogens is 466 g/mol.